The lowest BCUT2D eigenvalue weighted by Crippen LogP contribution is -2.16. The molecule has 128 valence electrons. The van der Waals surface area contributed by atoms with Crippen molar-refractivity contribution < 1.29 is 19.4 Å². The highest BCUT2D eigenvalue weighted by molar-refractivity contribution is 5.91. The van der Waals surface area contributed by atoms with E-state index in [9.17, 15) is 9.59 Å². The highest BCUT2D eigenvalue weighted by Crippen LogP contribution is 2.18. The molecule has 0 radical (unpaired) electrons. The van der Waals surface area contributed by atoms with Gasteiger partial charge in [-0.05, 0) is 39.0 Å². The van der Waals surface area contributed by atoms with E-state index in [1.54, 1.807) is 31.2 Å². The molecule has 24 heavy (non-hydrogen) atoms. The molecule has 7 nitrogen and oxygen atoms in total. The van der Waals surface area contributed by atoms with Crippen LogP contribution in [0.25, 0.3) is 5.69 Å². The number of carboxylic acids is 1. The lowest BCUT2D eigenvalue weighted by molar-refractivity contribution is -0.117. The summed E-state index contributed by atoms with van der Waals surface area (Å²) >= 11 is 0. The van der Waals surface area contributed by atoms with Gasteiger partial charge in [-0.2, -0.15) is 5.10 Å². The summed E-state index contributed by atoms with van der Waals surface area (Å²) in [5, 5.41) is 16.0. The number of aromatic nitrogens is 2. The Balaban J connectivity index is 2.09. The third-order valence-electron chi connectivity index (χ3n) is 3.39. The molecular formula is C17H21N3O4. The van der Waals surface area contributed by atoms with Gasteiger partial charge < -0.3 is 15.2 Å². The number of benzene rings is 1. The van der Waals surface area contributed by atoms with E-state index in [1.807, 2.05) is 13.8 Å². The maximum atomic E-state index is 11.9. The van der Waals surface area contributed by atoms with E-state index < -0.39 is 5.97 Å². The zero-order valence-corrected chi connectivity index (χ0v) is 13.9. The molecule has 0 aliphatic carbocycles. The minimum absolute atomic E-state index is 0.0901. The third-order valence-corrected chi connectivity index (χ3v) is 3.39. The van der Waals surface area contributed by atoms with Crippen molar-refractivity contribution in [1.29, 1.82) is 0 Å². The summed E-state index contributed by atoms with van der Waals surface area (Å²) in [5.41, 5.74) is 1.97. The molecular weight excluding hydrogens is 310 g/mol. The Morgan fingerprint density at radius 1 is 1.38 bits per heavy atom. The number of rotatable bonds is 7. The van der Waals surface area contributed by atoms with Crippen LogP contribution in [0.3, 0.4) is 0 Å². The fraction of sp³-hybridized carbons (Fsp3) is 0.353. The molecule has 0 spiro atoms. The number of amides is 1. The zero-order valence-electron chi connectivity index (χ0n) is 13.9. The molecule has 0 unspecified atom stereocenters. The van der Waals surface area contributed by atoms with Crippen molar-refractivity contribution in [2.45, 2.75) is 33.3 Å². The van der Waals surface area contributed by atoms with Crippen LogP contribution in [-0.2, 0) is 9.53 Å². The summed E-state index contributed by atoms with van der Waals surface area (Å²) in [6, 6.07) is 7.08. The number of anilines is 1. The van der Waals surface area contributed by atoms with Crippen LogP contribution in [0.1, 0.15) is 36.3 Å². The molecule has 1 aromatic heterocycles. The number of carbonyl (C=O) groups excluding carboxylic acids is 1. The third kappa shape index (κ3) is 4.42. The molecule has 1 heterocycles. The highest BCUT2D eigenvalue weighted by atomic mass is 16.5. The topological polar surface area (TPSA) is 93.5 Å². The Hall–Kier alpha value is -2.67. The molecule has 0 atom stereocenters. The average molecular weight is 331 g/mol. The molecule has 1 amide bonds. The Bertz CT molecular complexity index is 737. The summed E-state index contributed by atoms with van der Waals surface area (Å²) in [6.45, 7) is 5.88. The van der Waals surface area contributed by atoms with E-state index in [0.29, 0.717) is 23.7 Å². The van der Waals surface area contributed by atoms with Crippen molar-refractivity contribution in [1.82, 2.24) is 9.78 Å². The van der Waals surface area contributed by atoms with Crippen molar-refractivity contribution in [3.63, 3.8) is 0 Å². The summed E-state index contributed by atoms with van der Waals surface area (Å²) in [6.07, 6.45) is 1.67. The van der Waals surface area contributed by atoms with Crippen molar-refractivity contribution in [3.8, 4) is 5.69 Å². The Morgan fingerprint density at radius 3 is 2.75 bits per heavy atom. The summed E-state index contributed by atoms with van der Waals surface area (Å²) in [4.78, 5) is 23.0. The van der Waals surface area contributed by atoms with E-state index in [1.165, 1.54) is 10.9 Å². The molecule has 0 aliphatic rings. The first-order valence-electron chi connectivity index (χ1n) is 7.68. The van der Waals surface area contributed by atoms with E-state index in [0.717, 1.165) is 0 Å². The predicted molar refractivity (Wildman–Crippen MR) is 89.6 cm³/mol. The van der Waals surface area contributed by atoms with Crippen LogP contribution < -0.4 is 5.32 Å². The maximum Gasteiger partial charge on any atom is 0.339 e. The van der Waals surface area contributed by atoms with Crippen molar-refractivity contribution in [3.05, 3.63) is 41.7 Å². The van der Waals surface area contributed by atoms with Gasteiger partial charge >= 0.3 is 5.97 Å². The van der Waals surface area contributed by atoms with E-state index in [2.05, 4.69) is 10.4 Å². The Labute approximate surface area is 140 Å². The van der Waals surface area contributed by atoms with Crippen LogP contribution >= 0.6 is 0 Å². The second-order valence-electron chi connectivity index (χ2n) is 5.63. The van der Waals surface area contributed by atoms with Gasteiger partial charge in [-0.15, -0.1) is 0 Å². The molecule has 2 N–H and O–H groups in total. The fourth-order valence-electron chi connectivity index (χ4n) is 2.21. The van der Waals surface area contributed by atoms with Gasteiger partial charge in [0.05, 0.1) is 36.7 Å². The Kier molecular flexibility index (Phi) is 5.70. The van der Waals surface area contributed by atoms with Gasteiger partial charge in [-0.3, -0.25) is 4.79 Å². The van der Waals surface area contributed by atoms with Crippen molar-refractivity contribution >= 4 is 17.6 Å². The maximum absolute atomic E-state index is 11.9. The summed E-state index contributed by atoms with van der Waals surface area (Å²) in [5.74, 6) is -1.16. The van der Waals surface area contributed by atoms with Gasteiger partial charge in [0.25, 0.3) is 0 Å². The molecule has 0 saturated heterocycles. The number of hydrogen-bond donors (Lipinski definition) is 2. The van der Waals surface area contributed by atoms with Crippen LogP contribution in [-0.4, -0.2) is 39.5 Å². The number of hydrogen-bond acceptors (Lipinski definition) is 4. The predicted octanol–water partition coefficient (Wildman–Crippen LogP) is 2.63. The second kappa shape index (κ2) is 7.74. The zero-order chi connectivity index (χ0) is 17.7. The number of nitrogens with one attached hydrogen (secondary N) is 1. The van der Waals surface area contributed by atoms with Crippen LogP contribution in [0.2, 0.25) is 0 Å². The summed E-state index contributed by atoms with van der Waals surface area (Å²) in [7, 11) is 0. The monoisotopic (exact) mass is 331 g/mol. The molecule has 2 aromatic rings. The number of carboxylic acid groups (broad SMARTS) is 1. The van der Waals surface area contributed by atoms with Gasteiger partial charge in [0.15, 0.2) is 0 Å². The Morgan fingerprint density at radius 2 is 2.12 bits per heavy atom. The van der Waals surface area contributed by atoms with E-state index >= 15 is 0 Å². The summed E-state index contributed by atoms with van der Waals surface area (Å²) < 4.78 is 6.88. The fourth-order valence-corrected chi connectivity index (χ4v) is 2.21. The molecule has 0 aliphatic heterocycles. The van der Waals surface area contributed by atoms with Crippen LogP contribution in [0.5, 0.6) is 0 Å². The molecule has 0 saturated carbocycles. The van der Waals surface area contributed by atoms with Gasteiger partial charge in [-0.25, -0.2) is 9.48 Å². The lowest BCUT2D eigenvalue weighted by Gasteiger charge is -2.10. The largest absolute Gasteiger partial charge is 0.478 e. The number of carbonyl (C=O) groups is 2. The lowest BCUT2D eigenvalue weighted by atomic mass is 10.2. The van der Waals surface area contributed by atoms with Crippen LogP contribution in [0.15, 0.2) is 30.5 Å². The smallest absolute Gasteiger partial charge is 0.339 e. The van der Waals surface area contributed by atoms with Gasteiger partial charge in [-0.1, -0.05) is 6.07 Å². The van der Waals surface area contributed by atoms with E-state index in [4.69, 9.17) is 9.84 Å². The quantitative estimate of drug-likeness (QED) is 0.813. The van der Waals surface area contributed by atoms with Gasteiger partial charge in [0.1, 0.15) is 5.56 Å². The number of aromatic carboxylic acids is 1. The average Bonchev–Trinajstić information content (AvgIpc) is 2.89. The standard InChI is InChI=1S/C17H21N3O4/c1-11(2)24-8-7-16(21)19-13-5-4-6-14(9-13)20-12(3)15(10-18-20)17(22)23/h4-6,9-11H,7-8H2,1-3H3,(H,19,21)(H,22,23). The minimum atomic E-state index is -1.02. The SMILES string of the molecule is Cc1c(C(=O)O)cnn1-c1cccc(NC(=O)CCOC(C)C)c1. The highest BCUT2D eigenvalue weighted by Gasteiger charge is 2.14. The first-order chi connectivity index (χ1) is 11.4. The molecule has 0 fully saturated rings. The van der Waals surface area contributed by atoms with Crippen molar-refractivity contribution in [2.24, 2.45) is 0 Å². The van der Waals surface area contributed by atoms with Gasteiger partial charge in [0, 0.05) is 5.69 Å². The molecule has 2 rings (SSSR count). The molecule has 1 aromatic carbocycles. The number of nitrogens with zero attached hydrogens (tertiary/aromatic N) is 2. The van der Waals surface area contributed by atoms with Crippen LogP contribution in [0.4, 0.5) is 5.69 Å². The molecule has 7 heteroatoms. The van der Waals surface area contributed by atoms with E-state index in [-0.39, 0.29) is 24.0 Å². The van der Waals surface area contributed by atoms with Crippen LogP contribution in [0, 0.1) is 6.92 Å². The number of ether oxygens (including phenoxy) is 1. The minimum Gasteiger partial charge on any atom is -0.478 e. The first-order valence-corrected chi connectivity index (χ1v) is 7.68. The normalized spacial score (nSPS) is 10.8. The van der Waals surface area contributed by atoms with Crippen molar-refractivity contribution in [2.75, 3.05) is 11.9 Å². The second-order valence-corrected chi connectivity index (χ2v) is 5.63. The molecule has 0 bridgehead atoms. The van der Waals surface area contributed by atoms with Gasteiger partial charge in [0.2, 0.25) is 5.91 Å². The first kappa shape index (κ1) is 17.7.